The molecule has 2 aromatic rings. The van der Waals surface area contributed by atoms with Crippen molar-refractivity contribution < 1.29 is 27.8 Å². The minimum Gasteiger partial charge on any atom is -0.508 e. The maximum Gasteiger partial charge on any atom is 0.407 e. The second-order valence-electron chi connectivity index (χ2n) is 9.12. The lowest BCUT2D eigenvalue weighted by Gasteiger charge is -2.19. The van der Waals surface area contributed by atoms with E-state index >= 15 is 0 Å². The predicted molar refractivity (Wildman–Crippen MR) is 123 cm³/mol. The molecule has 0 aliphatic carbocycles. The van der Waals surface area contributed by atoms with E-state index in [9.17, 15) is 18.3 Å². The number of sulfonamides is 1. The van der Waals surface area contributed by atoms with Gasteiger partial charge in [-0.3, -0.25) is 4.98 Å². The van der Waals surface area contributed by atoms with E-state index in [0.29, 0.717) is 43.1 Å². The number of aromatic hydroxyl groups is 1. The van der Waals surface area contributed by atoms with Gasteiger partial charge in [-0.2, -0.15) is 4.31 Å². The Kier molecular flexibility index (Phi) is 7.48. The number of ether oxygens (including phenoxy) is 2. The Labute approximate surface area is 194 Å². The lowest BCUT2D eigenvalue weighted by Crippen LogP contribution is -2.32. The summed E-state index contributed by atoms with van der Waals surface area (Å²) in [7, 11) is -3.62. The minimum absolute atomic E-state index is 0.0505. The number of aryl methyl sites for hydroxylation is 1. The van der Waals surface area contributed by atoms with E-state index in [0.717, 1.165) is 0 Å². The number of benzene rings is 1. The van der Waals surface area contributed by atoms with E-state index in [1.807, 2.05) is 0 Å². The first-order chi connectivity index (χ1) is 15.4. The molecule has 1 aliphatic rings. The molecule has 10 heteroatoms. The van der Waals surface area contributed by atoms with E-state index in [2.05, 4.69) is 10.3 Å². The number of amides is 1. The number of carbonyl (C=O) groups is 1. The summed E-state index contributed by atoms with van der Waals surface area (Å²) in [5, 5.41) is 12.3. The molecular formula is C23H31N3O6S. The number of carbonyl (C=O) groups excluding carboxylic acids is 1. The fourth-order valence-corrected chi connectivity index (χ4v) is 5.04. The van der Waals surface area contributed by atoms with Crippen molar-refractivity contribution in [2.24, 2.45) is 5.92 Å². The molecule has 1 fully saturated rings. The van der Waals surface area contributed by atoms with Crippen LogP contribution < -0.4 is 10.1 Å². The highest BCUT2D eigenvalue weighted by Crippen LogP contribution is 2.27. The molecule has 0 radical (unpaired) electrons. The normalized spacial score (nSPS) is 17.0. The van der Waals surface area contributed by atoms with Crippen molar-refractivity contribution in [3.8, 4) is 11.5 Å². The van der Waals surface area contributed by atoms with Crippen molar-refractivity contribution in [1.82, 2.24) is 14.6 Å². The summed E-state index contributed by atoms with van der Waals surface area (Å²) >= 11 is 0. The van der Waals surface area contributed by atoms with Crippen LogP contribution in [0.3, 0.4) is 0 Å². The number of hydrogen-bond donors (Lipinski definition) is 2. The van der Waals surface area contributed by atoms with Gasteiger partial charge in [0.2, 0.25) is 10.0 Å². The average Bonchev–Trinajstić information content (AvgIpc) is 3.22. The molecule has 1 aromatic carbocycles. The fraction of sp³-hybridized carbons (Fsp3) is 0.478. The number of nitrogens with zero attached hydrogens (tertiary/aromatic N) is 2. The monoisotopic (exact) mass is 477 g/mol. The number of aromatic nitrogens is 1. The molecule has 0 unspecified atom stereocenters. The molecule has 2 N–H and O–H groups in total. The van der Waals surface area contributed by atoms with Gasteiger partial charge in [0.05, 0.1) is 23.7 Å². The molecule has 0 spiro atoms. The van der Waals surface area contributed by atoms with Gasteiger partial charge in [0.25, 0.3) is 0 Å². The summed E-state index contributed by atoms with van der Waals surface area (Å²) in [6.45, 7) is 8.39. The molecule has 1 atom stereocenters. The van der Waals surface area contributed by atoms with E-state index in [1.54, 1.807) is 46.0 Å². The van der Waals surface area contributed by atoms with Gasteiger partial charge in [-0.15, -0.1) is 0 Å². The van der Waals surface area contributed by atoms with Crippen molar-refractivity contribution in [2.75, 3.05) is 19.7 Å². The van der Waals surface area contributed by atoms with Crippen LogP contribution in [0, 0.1) is 12.8 Å². The van der Waals surface area contributed by atoms with Crippen molar-refractivity contribution in [2.45, 2.75) is 51.2 Å². The van der Waals surface area contributed by atoms with Crippen LogP contribution in [0.25, 0.3) is 0 Å². The van der Waals surface area contributed by atoms with Gasteiger partial charge in [0.15, 0.2) is 0 Å². The highest BCUT2D eigenvalue weighted by atomic mass is 32.2. The van der Waals surface area contributed by atoms with Gasteiger partial charge < -0.3 is 19.9 Å². The summed E-state index contributed by atoms with van der Waals surface area (Å²) < 4.78 is 38.4. The molecule has 2 heterocycles. The molecule has 1 aliphatic heterocycles. The first-order valence-corrected chi connectivity index (χ1v) is 12.2. The van der Waals surface area contributed by atoms with Gasteiger partial charge in [0, 0.05) is 31.3 Å². The Hall–Kier alpha value is -2.85. The molecule has 0 bridgehead atoms. The third-order valence-electron chi connectivity index (χ3n) is 5.14. The number of alkyl carbamates (subject to hydrolysis) is 1. The Morgan fingerprint density at radius 2 is 2.03 bits per heavy atom. The highest BCUT2D eigenvalue weighted by Gasteiger charge is 2.33. The SMILES string of the molecule is Cc1cc(S(=O)(=O)N2CC[C@@H](COc3ccnc(CNC(=O)OC(C)(C)C)c3)C2)ccc1O. The maximum absolute atomic E-state index is 12.9. The van der Waals surface area contributed by atoms with Crippen LogP contribution in [0.15, 0.2) is 41.4 Å². The number of rotatable bonds is 7. The molecule has 0 saturated carbocycles. The third kappa shape index (κ3) is 6.82. The van der Waals surface area contributed by atoms with Crippen LogP contribution in [0.1, 0.15) is 38.4 Å². The Bertz CT molecular complexity index is 1100. The van der Waals surface area contributed by atoms with Gasteiger partial charge in [-0.05, 0) is 63.9 Å². The first kappa shape index (κ1) is 24.8. The van der Waals surface area contributed by atoms with Crippen LogP contribution >= 0.6 is 0 Å². The van der Waals surface area contributed by atoms with Crippen molar-refractivity contribution in [3.05, 3.63) is 47.8 Å². The predicted octanol–water partition coefficient (Wildman–Crippen LogP) is 3.21. The van der Waals surface area contributed by atoms with E-state index in [4.69, 9.17) is 9.47 Å². The van der Waals surface area contributed by atoms with Crippen molar-refractivity contribution in [1.29, 1.82) is 0 Å². The number of nitrogens with one attached hydrogen (secondary N) is 1. The summed E-state index contributed by atoms with van der Waals surface area (Å²) in [6.07, 6.45) is 1.76. The molecule has 33 heavy (non-hydrogen) atoms. The molecule has 1 amide bonds. The smallest absolute Gasteiger partial charge is 0.407 e. The van der Waals surface area contributed by atoms with Gasteiger partial charge in [0.1, 0.15) is 17.1 Å². The summed E-state index contributed by atoms with van der Waals surface area (Å²) in [5.41, 5.74) is 0.563. The highest BCUT2D eigenvalue weighted by molar-refractivity contribution is 7.89. The zero-order valence-electron chi connectivity index (χ0n) is 19.4. The standard InChI is InChI=1S/C23H31N3O6S/c1-16-11-20(5-6-21(16)27)33(29,30)26-10-8-17(14-26)15-31-19-7-9-24-18(12-19)13-25-22(28)32-23(2,3)4/h5-7,9,11-12,17,27H,8,10,13-15H2,1-4H3,(H,25,28)/t17-/m1/s1. The van der Waals surface area contributed by atoms with Gasteiger partial charge >= 0.3 is 6.09 Å². The van der Waals surface area contributed by atoms with Crippen LogP contribution in [-0.2, 0) is 21.3 Å². The maximum atomic E-state index is 12.9. The Morgan fingerprint density at radius 1 is 1.27 bits per heavy atom. The van der Waals surface area contributed by atoms with E-state index in [-0.39, 0.29) is 23.1 Å². The lowest BCUT2D eigenvalue weighted by molar-refractivity contribution is 0.0522. The number of hydrogen-bond acceptors (Lipinski definition) is 7. The second kappa shape index (κ2) is 9.96. The summed E-state index contributed by atoms with van der Waals surface area (Å²) in [5.74, 6) is 0.718. The van der Waals surface area contributed by atoms with Crippen LogP contribution in [0.5, 0.6) is 11.5 Å². The molecular weight excluding hydrogens is 446 g/mol. The topological polar surface area (TPSA) is 118 Å². The van der Waals surface area contributed by atoms with E-state index in [1.165, 1.54) is 22.5 Å². The van der Waals surface area contributed by atoms with Crippen molar-refractivity contribution >= 4 is 16.1 Å². The minimum atomic E-state index is -3.62. The molecule has 1 saturated heterocycles. The number of pyridine rings is 1. The van der Waals surface area contributed by atoms with Crippen LogP contribution in [0.4, 0.5) is 4.79 Å². The third-order valence-corrected chi connectivity index (χ3v) is 7.00. The molecule has 3 rings (SSSR count). The lowest BCUT2D eigenvalue weighted by atomic mass is 10.1. The van der Waals surface area contributed by atoms with Gasteiger partial charge in [-0.25, -0.2) is 13.2 Å². The quantitative estimate of drug-likeness (QED) is 0.629. The van der Waals surface area contributed by atoms with Gasteiger partial charge in [-0.1, -0.05) is 0 Å². The second-order valence-corrected chi connectivity index (χ2v) is 11.1. The number of phenolic OH excluding ortho intramolecular Hbond substituents is 1. The molecule has 9 nitrogen and oxygen atoms in total. The summed E-state index contributed by atoms with van der Waals surface area (Å²) in [4.78, 5) is 16.2. The number of phenols is 1. The van der Waals surface area contributed by atoms with E-state index < -0.39 is 21.7 Å². The Balaban J connectivity index is 1.52. The Morgan fingerprint density at radius 3 is 2.73 bits per heavy atom. The fourth-order valence-electron chi connectivity index (χ4n) is 3.42. The van der Waals surface area contributed by atoms with Crippen LogP contribution in [0.2, 0.25) is 0 Å². The largest absolute Gasteiger partial charge is 0.508 e. The summed E-state index contributed by atoms with van der Waals surface area (Å²) in [6, 6.07) is 7.76. The molecule has 1 aromatic heterocycles. The zero-order chi connectivity index (χ0) is 24.2. The first-order valence-electron chi connectivity index (χ1n) is 10.8. The molecule has 180 valence electrons. The van der Waals surface area contributed by atoms with Crippen LogP contribution in [-0.4, -0.2) is 54.2 Å². The average molecular weight is 478 g/mol. The zero-order valence-corrected chi connectivity index (χ0v) is 20.2. The van der Waals surface area contributed by atoms with Crippen molar-refractivity contribution in [3.63, 3.8) is 0 Å².